The third kappa shape index (κ3) is 1.95. The first kappa shape index (κ1) is 11.7. The number of H-pyrrole nitrogens is 1. The number of hydrogen-bond acceptors (Lipinski definition) is 3. The van der Waals surface area contributed by atoms with Crippen LogP contribution in [-0.4, -0.2) is 14.8 Å². The monoisotopic (exact) mass is 277 g/mol. The summed E-state index contributed by atoms with van der Waals surface area (Å²) >= 11 is 0. The summed E-state index contributed by atoms with van der Waals surface area (Å²) in [6, 6.07) is 18.8. The molecule has 5 nitrogen and oxygen atoms in total. The van der Waals surface area contributed by atoms with Gasteiger partial charge in [-0.1, -0.05) is 42.5 Å². The summed E-state index contributed by atoms with van der Waals surface area (Å²) in [5.74, 6) is 0. The summed E-state index contributed by atoms with van der Waals surface area (Å²) in [5.41, 5.74) is 2.82. The summed E-state index contributed by atoms with van der Waals surface area (Å²) in [6.07, 6.45) is 0. The molecule has 0 radical (unpaired) electrons. The van der Waals surface area contributed by atoms with E-state index < -0.39 is 0 Å². The predicted molar refractivity (Wildman–Crippen MR) is 79.4 cm³/mol. The highest BCUT2D eigenvalue weighted by molar-refractivity contribution is 5.73. The van der Waals surface area contributed by atoms with Crippen LogP contribution in [0, 0.1) is 0 Å². The lowest BCUT2D eigenvalue weighted by atomic mass is 10.2. The summed E-state index contributed by atoms with van der Waals surface area (Å²) in [4.78, 5) is 16.4. The van der Waals surface area contributed by atoms with Crippen LogP contribution >= 0.6 is 0 Å². The van der Waals surface area contributed by atoms with E-state index in [1.807, 2.05) is 54.6 Å². The number of hydrogen-bond donors (Lipinski definition) is 1. The maximum Gasteiger partial charge on any atom is 0.325 e. The van der Waals surface area contributed by atoms with Crippen LogP contribution in [0.5, 0.6) is 0 Å². The minimum Gasteiger partial charge on any atom is -0.422 e. The van der Waals surface area contributed by atoms with Crippen LogP contribution in [0.25, 0.3) is 28.4 Å². The molecule has 0 saturated heterocycles. The molecule has 0 atom stereocenters. The lowest BCUT2D eigenvalue weighted by Crippen LogP contribution is -2.13. The first-order valence-corrected chi connectivity index (χ1v) is 6.55. The molecular formula is C16H11N3O2. The molecule has 2 aromatic carbocycles. The van der Waals surface area contributed by atoms with Gasteiger partial charge in [-0.25, -0.2) is 0 Å². The zero-order valence-corrected chi connectivity index (χ0v) is 11.0. The van der Waals surface area contributed by atoms with E-state index in [4.69, 9.17) is 4.42 Å². The van der Waals surface area contributed by atoms with Gasteiger partial charge < -0.3 is 4.42 Å². The Labute approximate surface area is 119 Å². The summed E-state index contributed by atoms with van der Waals surface area (Å²) < 4.78 is 6.91. The molecule has 2 heterocycles. The van der Waals surface area contributed by atoms with Gasteiger partial charge in [0.25, 0.3) is 5.56 Å². The van der Waals surface area contributed by atoms with Crippen molar-refractivity contribution in [2.75, 3.05) is 0 Å². The van der Waals surface area contributed by atoms with Gasteiger partial charge in [0.05, 0.1) is 5.69 Å². The third-order valence-electron chi connectivity index (χ3n) is 3.28. The minimum absolute atomic E-state index is 0.208. The van der Waals surface area contributed by atoms with Gasteiger partial charge in [-0.3, -0.25) is 9.89 Å². The number of benzene rings is 2. The van der Waals surface area contributed by atoms with Crippen molar-refractivity contribution >= 4 is 11.1 Å². The fraction of sp³-hybridized carbons (Fsp3) is 0. The molecule has 4 rings (SSSR count). The number of aromatic amines is 1. The minimum atomic E-state index is -0.208. The zero-order valence-electron chi connectivity index (χ0n) is 11.0. The van der Waals surface area contributed by atoms with Crippen molar-refractivity contribution in [2.24, 2.45) is 0 Å². The summed E-state index contributed by atoms with van der Waals surface area (Å²) in [5, 5.41) is 3.02. The second kappa shape index (κ2) is 4.49. The molecule has 102 valence electrons. The number of rotatable bonds is 2. The van der Waals surface area contributed by atoms with E-state index in [9.17, 15) is 4.79 Å². The number of para-hydroxylation sites is 2. The maximum absolute atomic E-state index is 12.1. The zero-order chi connectivity index (χ0) is 14.2. The average molecular weight is 277 g/mol. The second-order valence-electron chi connectivity index (χ2n) is 4.67. The van der Waals surface area contributed by atoms with Crippen molar-refractivity contribution in [3.63, 3.8) is 0 Å². The standard InChI is InChI=1S/C16H11N3O2/c20-15-10-13(11-6-2-1-3-7-11)18-19(15)16-17-12-8-4-5-9-14(12)21-16/h1-10,18H. The molecule has 0 aliphatic heterocycles. The van der Waals surface area contributed by atoms with E-state index in [2.05, 4.69) is 10.1 Å². The molecule has 0 bridgehead atoms. The topological polar surface area (TPSA) is 63.8 Å². The fourth-order valence-corrected chi connectivity index (χ4v) is 2.26. The highest BCUT2D eigenvalue weighted by atomic mass is 16.4. The number of fused-ring (bicyclic) bond motifs is 1. The van der Waals surface area contributed by atoms with Crippen molar-refractivity contribution in [3.8, 4) is 17.3 Å². The Bertz CT molecular complexity index is 931. The molecule has 0 spiro atoms. The van der Waals surface area contributed by atoms with Gasteiger partial charge in [-0.2, -0.15) is 9.67 Å². The van der Waals surface area contributed by atoms with Crippen molar-refractivity contribution in [3.05, 3.63) is 71.0 Å². The predicted octanol–water partition coefficient (Wildman–Crippen LogP) is 2.97. The number of nitrogens with zero attached hydrogens (tertiary/aromatic N) is 2. The van der Waals surface area contributed by atoms with Gasteiger partial charge in [0.2, 0.25) is 0 Å². The Balaban J connectivity index is 1.86. The van der Waals surface area contributed by atoms with Crippen LogP contribution in [-0.2, 0) is 0 Å². The molecule has 5 heteroatoms. The van der Waals surface area contributed by atoms with Crippen molar-refractivity contribution in [1.29, 1.82) is 0 Å². The first-order chi connectivity index (χ1) is 10.3. The SMILES string of the molecule is O=c1cc(-c2ccccc2)[nH]n1-c1nc2ccccc2o1. The molecule has 21 heavy (non-hydrogen) atoms. The number of nitrogens with one attached hydrogen (secondary N) is 1. The summed E-state index contributed by atoms with van der Waals surface area (Å²) in [7, 11) is 0. The molecule has 0 aliphatic carbocycles. The van der Waals surface area contributed by atoms with Gasteiger partial charge in [-0.05, 0) is 17.7 Å². The second-order valence-corrected chi connectivity index (χ2v) is 4.67. The van der Waals surface area contributed by atoms with Gasteiger partial charge in [-0.15, -0.1) is 0 Å². The van der Waals surface area contributed by atoms with E-state index in [-0.39, 0.29) is 11.6 Å². The largest absolute Gasteiger partial charge is 0.422 e. The molecule has 0 saturated carbocycles. The van der Waals surface area contributed by atoms with Crippen molar-refractivity contribution in [1.82, 2.24) is 14.8 Å². The molecular weight excluding hydrogens is 266 g/mol. The van der Waals surface area contributed by atoms with Crippen molar-refractivity contribution in [2.45, 2.75) is 0 Å². The van der Waals surface area contributed by atoms with Gasteiger partial charge in [0.1, 0.15) is 5.52 Å². The van der Waals surface area contributed by atoms with Crippen molar-refractivity contribution < 1.29 is 4.42 Å². The highest BCUT2D eigenvalue weighted by Crippen LogP contribution is 2.18. The Morgan fingerprint density at radius 1 is 1.00 bits per heavy atom. The molecule has 0 unspecified atom stereocenters. The first-order valence-electron chi connectivity index (χ1n) is 6.55. The summed E-state index contributed by atoms with van der Waals surface area (Å²) in [6.45, 7) is 0. The van der Waals surface area contributed by atoms with Gasteiger partial charge >= 0.3 is 6.01 Å². The normalized spacial score (nSPS) is 11.0. The lowest BCUT2D eigenvalue weighted by molar-refractivity contribution is 0.538. The Hall–Kier alpha value is -3.08. The molecule has 0 fully saturated rings. The highest BCUT2D eigenvalue weighted by Gasteiger charge is 2.12. The molecule has 0 amide bonds. The van der Waals surface area contributed by atoms with E-state index in [1.54, 1.807) is 0 Å². The van der Waals surface area contributed by atoms with Gasteiger partial charge in [0, 0.05) is 6.07 Å². The molecule has 1 N–H and O–H groups in total. The van der Waals surface area contributed by atoms with Crippen LogP contribution in [0.15, 0.2) is 69.9 Å². The van der Waals surface area contributed by atoms with E-state index in [0.29, 0.717) is 5.58 Å². The van der Waals surface area contributed by atoms with Crippen LogP contribution in [0.2, 0.25) is 0 Å². The smallest absolute Gasteiger partial charge is 0.325 e. The van der Waals surface area contributed by atoms with E-state index in [0.717, 1.165) is 16.8 Å². The maximum atomic E-state index is 12.1. The van der Waals surface area contributed by atoms with Crippen LogP contribution in [0.4, 0.5) is 0 Å². The number of oxazole rings is 1. The third-order valence-corrected chi connectivity index (χ3v) is 3.28. The number of aromatic nitrogens is 3. The molecule has 0 aliphatic rings. The van der Waals surface area contributed by atoms with Crippen LogP contribution in [0.1, 0.15) is 0 Å². The van der Waals surface area contributed by atoms with E-state index in [1.165, 1.54) is 10.7 Å². The van der Waals surface area contributed by atoms with E-state index >= 15 is 0 Å². The Morgan fingerprint density at radius 2 is 1.76 bits per heavy atom. The molecule has 4 aromatic rings. The van der Waals surface area contributed by atoms with Gasteiger partial charge in [0.15, 0.2) is 5.58 Å². The fourth-order valence-electron chi connectivity index (χ4n) is 2.26. The van der Waals surface area contributed by atoms with Crippen LogP contribution in [0.3, 0.4) is 0 Å². The quantitative estimate of drug-likeness (QED) is 0.612. The Morgan fingerprint density at radius 3 is 2.57 bits per heavy atom. The lowest BCUT2D eigenvalue weighted by Gasteiger charge is -1.97. The molecule has 2 aromatic heterocycles. The van der Waals surface area contributed by atoms with Crippen LogP contribution < -0.4 is 5.56 Å². The average Bonchev–Trinajstić information content (AvgIpc) is 3.11. The Kier molecular flexibility index (Phi) is 2.50.